The molecule has 10 atom stereocenters. The minimum absolute atomic E-state index is 0.0963. The number of aliphatic imine (C=N–C) groups is 1. The molecule has 2 saturated heterocycles. The maximum atomic E-state index is 11.4. The topological polar surface area (TPSA) is 178 Å². The molecule has 154 valence electrons. The number of fused-ring (bicyclic) bond motifs is 1. The van der Waals surface area contributed by atoms with Crippen molar-refractivity contribution in [2.24, 2.45) is 16.8 Å². The Kier molecular flexibility index (Phi) is 5.73. The van der Waals surface area contributed by atoms with Gasteiger partial charge >= 0.3 is 5.97 Å². The molecule has 0 amide bonds. The zero-order chi connectivity index (χ0) is 20.0. The number of carbonyl (C=O) groups is 1. The third kappa shape index (κ3) is 3.44. The number of carboxylic acids is 1. The predicted molar refractivity (Wildman–Crippen MR) is 86.7 cm³/mol. The Morgan fingerprint density at radius 1 is 1.07 bits per heavy atom. The molecule has 3 aliphatic heterocycles. The molecule has 0 aromatic rings. The van der Waals surface area contributed by atoms with E-state index < -0.39 is 73.6 Å². The fourth-order valence-electron chi connectivity index (χ4n) is 3.76. The number of ether oxygens (including phenoxy) is 3. The average molecular weight is 391 g/mol. The lowest BCUT2D eigenvalue weighted by atomic mass is 9.78. The van der Waals surface area contributed by atoms with Crippen molar-refractivity contribution in [1.29, 1.82) is 0 Å². The van der Waals surface area contributed by atoms with Gasteiger partial charge in [0, 0.05) is 11.8 Å². The average Bonchev–Trinajstić information content (AvgIpc) is 3.04. The summed E-state index contributed by atoms with van der Waals surface area (Å²) in [5, 5.41) is 59.8. The first-order chi connectivity index (χ1) is 12.7. The molecule has 0 aromatic heterocycles. The van der Waals surface area contributed by atoms with Crippen LogP contribution < -0.4 is 0 Å². The molecule has 0 bridgehead atoms. The summed E-state index contributed by atoms with van der Waals surface area (Å²) in [7, 11) is 0. The van der Waals surface area contributed by atoms with Crippen LogP contribution in [0.25, 0.3) is 0 Å². The van der Waals surface area contributed by atoms with Gasteiger partial charge in [0.25, 0.3) is 0 Å². The van der Waals surface area contributed by atoms with Gasteiger partial charge in [-0.2, -0.15) is 0 Å². The Labute approximate surface area is 154 Å². The molecule has 0 aliphatic carbocycles. The Bertz CT molecular complexity index is 598. The number of aliphatic carboxylic acids is 1. The van der Waals surface area contributed by atoms with Gasteiger partial charge in [-0.3, -0.25) is 0 Å². The molecule has 3 aliphatic rings. The van der Waals surface area contributed by atoms with Crippen molar-refractivity contribution in [3.63, 3.8) is 0 Å². The summed E-state index contributed by atoms with van der Waals surface area (Å²) in [4.78, 5) is 15.7. The summed E-state index contributed by atoms with van der Waals surface area (Å²) >= 11 is 0. The first-order valence-corrected chi connectivity index (χ1v) is 8.78. The highest BCUT2D eigenvalue weighted by atomic mass is 16.7. The first-order valence-electron chi connectivity index (χ1n) is 8.78. The Hall–Kier alpha value is -1.34. The molecule has 6 N–H and O–H groups in total. The standard InChI is InChI=1S/C16H25NO10/c1-4(2)14-17-7-6(8(19)5(3-18)25-16(7)27-14)12-10(21)9(20)11(22)13(26-12)15(23)24/h4-13,16,18-22H,3H2,1-2H3,(H,23,24)/t5-,6?,7-,8+,9-,10-,11+,12+,13+,16-/m1/s1. The van der Waals surface area contributed by atoms with Crippen LogP contribution in [0.4, 0.5) is 0 Å². The summed E-state index contributed by atoms with van der Waals surface area (Å²) < 4.78 is 16.5. The van der Waals surface area contributed by atoms with Gasteiger partial charge in [0.2, 0.25) is 6.29 Å². The SMILES string of the molecule is CC(C)C1=N[C@@H]2C([C@@H]3O[C@H](C(=O)O)[C@@H](O)[C@H](O)[C@H]3O)[C@@H](O)[C@@H](CO)O[C@@H]2O1. The van der Waals surface area contributed by atoms with Gasteiger partial charge in [-0.1, -0.05) is 13.8 Å². The van der Waals surface area contributed by atoms with Crippen molar-refractivity contribution in [1.82, 2.24) is 0 Å². The van der Waals surface area contributed by atoms with E-state index in [0.29, 0.717) is 5.90 Å². The molecule has 0 aromatic carbocycles. The minimum atomic E-state index is -1.84. The molecule has 0 saturated carbocycles. The summed E-state index contributed by atoms with van der Waals surface area (Å²) in [5.41, 5.74) is 0. The lowest BCUT2D eigenvalue weighted by Gasteiger charge is -2.48. The lowest BCUT2D eigenvalue weighted by Crippen LogP contribution is -2.67. The lowest BCUT2D eigenvalue weighted by molar-refractivity contribution is -0.279. The van der Waals surface area contributed by atoms with Gasteiger partial charge in [-0.15, -0.1) is 0 Å². The highest BCUT2D eigenvalue weighted by Gasteiger charge is 2.58. The summed E-state index contributed by atoms with van der Waals surface area (Å²) in [6, 6.07) is -0.850. The fraction of sp³-hybridized carbons (Fsp3) is 0.875. The smallest absolute Gasteiger partial charge is 0.335 e. The van der Waals surface area contributed by atoms with Crippen molar-refractivity contribution < 1.29 is 49.6 Å². The second kappa shape index (κ2) is 7.59. The van der Waals surface area contributed by atoms with Crippen LogP contribution in [0, 0.1) is 11.8 Å². The van der Waals surface area contributed by atoms with Gasteiger partial charge in [0.15, 0.2) is 12.0 Å². The number of rotatable bonds is 4. The van der Waals surface area contributed by atoms with Gasteiger partial charge in [0.1, 0.15) is 30.5 Å². The number of nitrogens with zero attached hydrogens (tertiary/aromatic N) is 1. The molecule has 3 heterocycles. The Balaban J connectivity index is 1.96. The van der Waals surface area contributed by atoms with E-state index in [1.807, 2.05) is 13.8 Å². The quantitative estimate of drug-likeness (QED) is 0.290. The number of hydrogen-bond acceptors (Lipinski definition) is 10. The summed E-state index contributed by atoms with van der Waals surface area (Å²) in [5.74, 6) is -2.32. The number of hydrogen-bond donors (Lipinski definition) is 6. The van der Waals surface area contributed by atoms with E-state index in [9.17, 15) is 35.4 Å². The summed E-state index contributed by atoms with van der Waals surface area (Å²) in [6.45, 7) is 3.10. The van der Waals surface area contributed by atoms with Crippen molar-refractivity contribution in [2.45, 2.75) is 68.9 Å². The van der Waals surface area contributed by atoms with E-state index in [2.05, 4.69) is 4.99 Å². The second-order valence-electron chi connectivity index (χ2n) is 7.36. The van der Waals surface area contributed by atoms with E-state index in [1.54, 1.807) is 0 Å². The van der Waals surface area contributed by atoms with E-state index in [0.717, 1.165) is 0 Å². The largest absolute Gasteiger partial charge is 0.479 e. The van der Waals surface area contributed by atoms with Crippen LogP contribution in [-0.2, 0) is 19.0 Å². The number of aliphatic hydroxyl groups is 5. The maximum Gasteiger partial charge on any atom is 0.335 e. The van der Waals surface area contributed by atoms with Crippen LogP contribution in [0.2, 0.25) is 0 Å². The third-order valence-corrected chi connectivity index (χ3v) is 5.22. The van der Waals surface area contributed by atoms with Crippen LogP contribution >= 0.6 is 0 Å². The zero-order valence-electron chi connectivity index (χ0n) is 14.8. The molecule has 0 spiro atoms. The van der Waals surface area contributed by atoms with E-state index in [4.69, 9.17) is 14.2 Å². The molecule has 0 radical (unpaired) electrons. The van der Waals surface area contributed by atoms with Crippen LogP contribution in [-0.4, -0.2) is 104 Å². The molecule has 2 fully saturated rings. The molecular formula is C16H25NO10. The van der Waals surface area contributed by atoms with Crippen molar-refractivity contribution in [2.75, 3.05) is 6.61 Å². The molecule has 11 nitrogen and oxygen atoms in total. The maximum absolute atomic E-state index is 11.4. The van der Waals surface area contributed by atoms with E-state index in [1.165, 1.54) is 0 Å². The van der Waals surface area contributed by atoms with Gasteiger partial charge < -0.3 is 44.8 Å². The molecule has 11 heteroatoms. The zero-order valence-corrected chi connectivity index (χ0v) is 14.8. The number of carboxylic acid groups (broad SMARTS) is 1. The highest BCUT2D eigenvalue weighted by molar-refractivity contribution is 5.80. The fourth-order valence-corrected chi connectivity index (χ4v) is 3.76. The molecule has 3 rings (SSSR count). The van der Waals surface area contributed by atoms with Crippen molar-refractivity contribution in [3.05, 3.63) is 0 Å². The van der Waals surface area contributed by atoms with Crippen LogP contribution in [0.5, 0.6) is 0 Å². The summed E-state index contributed by atoms with van der Waals surface area (Å²) in [6.07, 6.45) is -11.9. The monoisotopic (exact) mass is 391 g/mol. The van der Waals surface area contributed by atoms with Crippen molar-refractivity contribution >= 4 is 11.9 Å². The third-order valence-electron chi connectivity index (χ3n) is 5.22. The van der Waals surface area contributed by atoms with Crippen LogP contribution in [0.3, 0.4) is 0 Å². The van der Waals surface area contributed by atoms with Gasteiger partial charge in [0.05, 0.1) is 18.8 Å². The van der Waals surface area contributed by atoms with Crippen LogP contribution in [0.15, 0.2) is 4.99 Å². The van der Waals surface area contributed by atoms with E-state index in [-0.39, 0.29) is 5.92 Å². The minimum Gasteiger partial charge on any atom is -0.479 e. The van der Waals surface area contributed by atoms with Crippen molar-refractivity contribution in [3.8, 4) is 0 Å². The van der Waals surface area contributed by atoms with E-state index >= 15 is 0 Å². The van der Waals surface area contributed by atoms with Gasteiger partial charge in [-0.25, -0.2) is 9.79 Å². The predicted octanol–water partition coefficient (Wildman–Crippen LogP) is -2.93. The molecular weight excluding hydrogens is 366 g/mol. The normalized spacial score (nSPS) is 47.3. The second-order valence-corrected chi connectivity index (χ2v) is 7.36. The first kappa shape index (κ1) is 20.4. The highest BCUT2D eigenvalue weighted by Crippen LogP contribution is 2.40. The molecule has 27 heavy (non-hydrogen) atoms. The Morgan fingerprint density at radius 3 is 2.30 bits per heavy atom. The molecule has 1 unspecified atom stereocenters. The van der Waals surface area contributed by atoms with Gasteiger partial charge in [-0.05, 0) is 0 Å². The van der Waals surface area contributed by atoms with Crippen LogP contribution in [0.1, 0.15) is 13.8 Å². The number of aliphatic hydroxyl groups excluding tert-OH is 5. The Morgan fingerprint density at radius 2 is 1.74 bits per heavy atom.